The lowest BCUT2D eigenvalue weighted by Crippen LogP contribution is -2.25. The van der Waals surface area contributed by atoms with Gasteiger partial charge in [-0.15, -0.1) is 0 Å². The molecule has 1 aromatic rings. The molecule has 0 radical (unpaired) electrons. The number of fused-ring (bicyclic) bond motifs is 1. The molecule has 1 heterocycles. The summed E-state index contributed by atoms with van der Waals surface area (Å²) in [7, 11) is 1.60. The highest BCUT2D eigenvalue weighted by Crippen LogP contribution is 2.37. The average Bonchev–Trinajstić information content (AvgIpc) is 2.44. The number of nitro benzene ring substituents is 1. The van der Waals surface area contributed by atoms with Crippen LogP contribution in [0.4, 0.5) is 17.1 Å². The van der Waals surface area contributed by atoms with E-state index in [9.17, 15) is 14.9 Å². The van der Waals surface area contributed by atoms with Crippen molar-refractivity contribution in [2.45, 2.75) is 6.92 Å². The van der Waals surface area contributed by atoms with Crippen molar-refractivity contribution >= 4 is 23.0 Å². The number of nitrogens with zero attached hydrogens (tertiary/aromatic N) is 1. The summed E-state index contributed by atoms with van der Waals surface area (Å²) in [6.45, 7) is 2.89. The summed E-state index contributed by atoms with van der Waals surface area (Å²) in [5.74, 6) is 0.211. The maximum absolute atomic E-state index is 11.3. The monoisotopic (exact) mass is 295 g/mol. The Morgan fingerprint density at radius 3 is 3.00 bits per heavy atom. The Balaban J connectivity index is 2.23. The summed E-state index contributed by atoms with van der Waals surface area (Å²) in [6.07, 6.45) is 0. The van der Waals surface area contributed by atoms with E-state index in [-0.39, 0.29) is 24.1 Å². The van der Waals surface area contributed by atoms with Crippen LogP contribution in [0.15, 0.2) is 12.1 Å². The number of anilines is 2. The summed E-state index contributed by atoms with van der Waals surface area (Å²) in [5, 5.41) is 16.8. The van der Waals surface area contributed by atoms with Crippen LogP contribution in [0, 0.1) is 16.0 Å². The molecule has 1 aromatic carbocycles. The minimum atomic E-state index is -0.483. The molecular formula is C13H17N3O5. The van der Waals surface area contributed by atoms with Gasteiger partial charge in [-0.05, 0) is 12.0 Å². The molecule has 2 N–H and O–H groups in total. The molecular weight excluding hydrogens is 278 g/mol. The summed E-state index contributed by atoms with van der Waals surface area (Å²) < 4.78 is 10.2. The highest BCUT2D eigenvalue weighted by molar-refractivity contribution is 5.96. The highest BCUT2D eigenvalue weighted by Gasteiger charge is 2.23. The van der Waals surface area contributed by atoms with E-state index in [0.29, 0.717) is 30.3 Å². The van der Waals surface area contributed by atoms with Crippen LogP contribution in [0.1, 0.15) is 6.92 Å². The maximum atomic E-state index is 11.3. The average molecular weight is 295 g/mol. The molecule has 0 spiro atoms. The smallest absolute Gasteiger partial charge is 0.296 e. The van der Waals surface area contributed by atoms with Crippen molar-refractivity contribution < 1.29 is 19.2 Å². The molecule has 0 bridgehead atoms. The van der Waals surface area contributed by atoms with E-state index in [4.69, 9.17) is 9.47 Å². The van der Waals surface area contributed by atoms with Crippen molar-refractivity contribution in [1.82, 2.24) is 0 Å². The van der Waals surface area contributed by atoms with Gasteiger partial charge in [0.05, 0.1) is 23.3 Å². The second-order valence-electron chi connectivity index (χ2n) is 4.90. The lowest BCUT2D eigenvalue weighted by molar-refractivity contribution is -0.384. The van der Waals surface area contributed by atoms with E-state index < -0.39 is 4.92 Å². The molecule has 21 heavy (non-hydrogen) atoms. The number of hydrogen-bond donors (Lipinski definition) is 2. The van der Waals surface area contributed by atoms with Crippen LogP contribution in [0.3, 0.4) is 0 Å². The van der Waals surface area contributed by atoms with Gasteiger partial charge in [0.2, 0.25) is 0 Å². The molecule has 1 atom stereocenters. The number of benzene rings is 1. The number of carbonyl (C=O) groups is 1. The summed E-state index contributed by atoms with van der Waals surface area (Å²) in [5.41, 5.74) is 0.681. The first kappa shape index (κ1) is 15.0. The molecule has 114 valence electrons. The molecule has 0 aliphatic carbocycles. The van der Waals surface area contributed by atoms with Gasteiger partial charge in [0.25, 0.3) is 11.6 Å². The van der Waals surface area contributed by atoms with E-state index in [2.05, 4.69) is 10.6 Å². The highest BCUT2D eigenvalue weighted by atomic mass is 16.6. The fourth-order valence-electron chi connectivity index (χ4n) is 2.04. The first-order valence-corrected chi connectivity index (χ1v) is 6.49. The van der Waals surface area contributed by atoms with Crippen LogP contribution >= 0.6 is 0 Å². The number of rotatable bonds is 6. The molecule has 1 aliphatic heterocycles. The summed E-state index contributed by atoms with van der Waals surface area (Å²) in [6, 6.07) is 2.84. The molecule has 0 fully saturated rings. The van der Waals surface area contributed by atoms with Crippen LogP contribution in [0.2, 0.25) is 0 Å². The third-order valence-electron chi connectivity index (χ3n) is 3.02. The van der Waals surface area contributed by atoms with Crippen LogP contribution < -0.4 is 15.4 Å². The number of nitrogens with one attached hydrogen (secondary N) is 2. The number of amides is 1. The third kappa shape index (κ3) is 3.60. The zero-order valence-corrected chi connectivity index (χ0v) is 11.8. The van der Waals surface area contributed by atoms with Gasteiger partial charge in [0.1, 0.15) is 5.69 Å². The van der Waals surface area contributed by atoms with Crippen LogP contribution in [0.5, 0.6) is 5.75 Å². The van der Waals surface area contributed by atoms with Gasteiger partial charge in [-0.2, -0.15) is 0 Å². The zero-order chi connectivity index (χ0) is 15.4. The van der Waals surface area contributed by atoms with Gasteiger partial charge in [-0.25, -0.2) is 0 Å². The minimum absolute atomic E-state index is 0.0884. The Labute approximate surface area is 121 Å². The predicted octanol–water partition coefficient (Wildman–Crippen LogP) is 1.62. The van der Waals surface area contributed by atoms with E-state index in [1.807, 2.05) is 6.92 Å². The first-order chi connectivity index (χ1) is 10.0. The molecule has 8 heteroatoms. The molecule has 0 saturated heterocycles. The largest absolute Gasteiger partial charge is 0.481 e. The molecule has 1 amide bonds. The molecule has 1 unspecified atom stereocenters. The van der Waals surface area contributed by atoms with Crippen molar-refractivity contribution in [2.24, 2.45) is 5.92 Å². The van der Waals surface area contributed by atoms with Crippen molar-refractivity contribution in [1.29, 1.82) is 0 Å². The van der Waals surface area contributed by atoms with E-state index in [1.165, 1.54) is 12.1 Å². The van der Waals surface area contributed by atoms with Crippen molar-refractivity contribution in [3.8, 4) is 5.75 Å². The molecule has 0 aromatic heterocycles. The van der Waals surface area contributed by atoms with Gasteiger partial charge in [0.15, 0.2) is 12.4 Å². The maximum Gasteiger partial charge on any atom is 0.296 e. The van der Waals surface area contributed by atoms with Gasteiger partial charge < -0.3 is 20.1 Å². The second kappa shape index (κ2) is 6.40. The lowest BCUT2D eigenvalue weighted by Gasteiger charge is -2.19. The number of ether oxygens (including phenoxy) is 2. The standard InChI is InChI=1S/C13H17N3O5/c1-8(6-20-2)5-14-9-3-10-12(4-11(9)16(18)19)21-7-13(17)15-10/h3-4,8,14H,5-7H2,1-2H3,(H,15,17). The summed E-state index contributed by atoms with van der Waals surface area (Å²) in [4.78, 5) is 22.0. The fraction of sp³-hybridized carbons (Fsp3) is 0.462. The van der Waals surface area contributed by atoms with Crippen molar-refractivity contribution in [3.63, 3.8) is 0 Å². The van der Waals surface area contributed by atoms with Gasteiger partial charge in [0, 0.05) is 13.7 Å². The molecule has 0 saturated carbocycles. The van der Waals surface area contributed by atoms with E-state index >= 15 is 0 Å². The Morgan fingerprint density at radius 1 is 1.57 bits per heavy atom. The first-order valence-electron chi connectivity index (χ1n) is 6.49. The lowest BCUT2D eigenvalue weighted by atomic mass is 10.1. The van der Waals surface area contributed by atoms with Gasteiger partial charge in [-0.1, -0.05) is 6.92 Å². The Hall–Kier alpha value is -2.35. The predicted molar refractivity (Wildman–Crippen MR) is 76.8 cm³/mol. The van der Waals surface area contributed by atoms with E-state index in [0.717, 1.165) is 0 Å². The topological polar surface area (TPSA) is 103 Å². The zero-order valence-electron chi connectivity index (χ0n) is 11.8. The summed E-state index contributed by atoms with van der Waals surface area (Å²) >= 11 is 0. The number of nitro groups is 1. The molecule has 1 aliphatic rings. The van der Waals surface area contributed by atoms with Crippen LogP contribution in [-0.4, -0.2) is 37.7 Å². The van der Waals surface area contributed by atoms with Gasteiger partial charge in [-0.3, -0.25) is 14.9 Å². The van der Waals surface area contributed by atoms with Gasteiger partial charge >= 0.3 is 0 Å². The Morgan fingerprint density at radius 2 is 2.33 bits per heavy atom. The minimum Gasteiger partial charge on any atom is -0.481 e. The van der Waals surface area contributed by atoms with E-state index in [1.54, 1.807) is 7.11 Å². The van der Waals surface area contributed by atoms with Crippen LogP contribution in [-0.2, 0) is 9.53 Å². The normalized spacial score (nSPS) is 14.7. The van der Waals surface area contributed by atoms with Crippen molar-refractivity contribution in [3.05, 3.63) is 22.2 Å². The molecule has 8 nitrogen and oxygen atoms in total. The van der Waals surface area contributed by atoms with Crippen molar-refractivity contribution in [2.75, 3.05) is 37.5 Å². The fourth-order valence-corrected chi connectivity index (χ4v) is 2.04. The Kier molecular flexibility index (Phi) is 4.59. The quantitative estimate of drug-likeness (QED) is 0.610. The third-order valence-corrected chi connectivity index (χ3v) is 3.02. The SMILES string of the molecule is COCC(C)CNc1cc2c(cc1[N+](=O)[O-])OCC(=O)N2. The van der Waals surface area contributed by atoms with Crippen LogP contribution in [0.25, 0.3) is 0 Å². The number of carbonyl (C=O) groups excluding carboxylic acids is 1. The molecule has 2 rings (SSSR count). The number of methoxy groups -OCH3 is 1. The second-order valence-corrected chi connectivity index (χ2v) is 4.90. The Bertz CT molecular complexity index is 561. The number of hydrogen-bond acceptors (Lipinski definition) is 6.